The first-order valence-electron chi connectivity index (χ1n) is 10.2. The van der Waals surface area contributed by atoms with Crippen LogP contribution in [0.15, 0.2) is 84.2 Å². The lowest BCUT2D eigenvalue weighted by Gasteiger charge is -2.29. The highest BCUT2D eigenvalue weighted by atomic mass is 35.5. The van der Waals surface area contributed by atoms with Gasteiger partial charge in [0.25, 0.3) is 5.91 Å². The minimum Gasteiger partial charge on any atom is -0.328 e. The number of nitrogens with zero attached hydrogens (tertiary/aromatic N) is 4. The Morgan fingerprint density at radius 1 is 1.06 bits per heavy atom. The lowest BCUT2D eigenvalue weighted by Crippen LogP contribution is -2.31. The van der Waals surface area contributed by atoms with E-state index in [1.165, 1.54) is 0 Å². The van der Waals surface area contributed by atoms with Gasteiger partial charge in [-0.05, 0) is 31.2 Å². The number of pyridine rings is 1. The molecule has 1 aliphatic heterocycles. The van der Waals surface area contributed by atoms with Gasteiger partial charge in [0.05, 0.1) is 5.57 Å². The van der Waals surface area contributed by atoms with Gasteiger partial charge < -0.3 is 10.6 Å². The molecule has 0 radical (unpaired) electrons. The number of carbonyl (C=O) groups is 1. The molecule has 1 amide bonds. The largest absolute Gasteiger partial charge is 0.328 e. The highest BCUT2D eigenvalue weighted by Gasteiger charge is 2.35. The zero-order valence-corrected chi connectivity index (χ0v) is 19.0. The van der Waals surface area contributed by atoms with Crippen LogP contribution in [0.5, 0.6) is 0 Å². The fraction of sp³-hybridized carbons (Fsp3) is 0.0833. The number of allylic oxidation sites excluding steroid dienone is 1. The first-order valence-corrected chi connectivity index (χ1v) is 10.9. The van der Waals surface area contributed by atoms with E-state index in [0.29, 0.717) is 44.5 Å². The zero-order valence-electron chi connectivity index (χ0n) is 17.5. The highest BCUT2D eigenvalue weighted by molar-refractivity contribution is 6.35. The molecule has 5 rings (SSSR count). The van der Waals surface area contributed by atoms with E-state index >= 15 is 0 Å². The Labute approximate surface area is 200 Å². The number of hydrogen-bond acceptors (Lipinski definition) is 5. The van der Waals surface area contributed by atoms with Crippen LogP contribution in [-0.4, -0.2) is 25.7 Å². The number of nitrogens with one attached hydrogen (secondary N) is 2. The predicted octanol–water partition coefficient (Wildman–Crippen LogP) is 5.57. The third-order valence-corrected chi connectivity index (χ3v) is 5.86. The van der Waals surface area contributed by atoms with Crippen molar-refractivity contribution in [2.24, 2.45) is 0 Å². The number of halogens is 2. The van der Waals surface area contributed by atoms with Crippen molar-refractivity contribution in [3.8, 4) is 11.4 Å². The standard InChI is InChI=1S/C24H18Cl2N6O/c1-14-20(23(33)29-19-9-5-6-12-27-19)21(17-11-10-16(25)13-18(17)26)32-24(28-14)30-22(31-32)15-7-3-2-4-8-15/h2-13,21H,1H3,(H,27,29,33)(H,28,30,31)/t21-/m0/s1. The molecule has 2 aromatic heterocycles. The number of anilines is 2. The van der Waals surface area contributed by atoms with Crippen molar-refractivity contribution in [2.75, 3.05) is 10.6 Å². The van der Waals surface area contributed by atoms with Crippen molar-refractivity contribution < 1.29 is 4.79 Å². The molecule has 1 aliphatic rings. The average Bonchev–Trinajstić information content (AvgIpc) is 3.23. The van der Waals surface area contributed by atoms with Crippen LogP contribution in [0.25, 0.3) is 11.4 Å². The van der Waals surface area contributed by atoms with Gasteiger partial charge in [0, 0.05) is 33.1 Å². The van der Waals surface area contributed by atoms with Crippen LogP contribution < -0.4 is 10.6 Å². The molecule has 3 heterocycles. The lowest BCUT2D eigenvalue weighted by atomic mass is 9.95. The Morgan fingerprint density at radius 3 is 2.58 bits per heavy atom. The molecule has 33 heavy (non-hydrogen) atoms. The summed E-state index contributed by atoms with van der Waals surface area (Å²) in [4.78, 5) is 22.3. The average molecular weight is 477 g/mol. The van der Waals surface area contributed by atoms with Crippen LogP contribution in [0.3, 0.4) is 0 Å². The molecule has 0 saturated carbocycles. The second kappa shape index (κ2) is 8.69. The van der Waals surface area contributed by atoms with E-state index in [1.54, 1.807) is 47.3 Å². The first-order chi connectivity index (χ1) is 16.0. The number of hydrogen-bond donors (Lipinski definition) is 2. The van der Waals surface area contributed by atoms with Gasteiger partial charge in [0.1, 0.15) is 11.9 Å². The van der Waals surface area contributed by atoms with Crippen LogP contribution in [0.2, 0.25) is 10.0 Å². The summed E-state index contributed by atoms with van der Waals surface area (Å²) in [6.07, 6.45) is 1.62. The van der Waals surface area contributed by atoms with E-state index in [-0.39, 0.29) is 5.91 Å². The highest BCUT2D eigenvalue weighted by Crippen LogP contribution is 2.40. The van der Waals surface area contributed by atoms with E-state index in [4.69, 9.17) is 28.3 Å². The van der Waals surface area contributed by atoms with Crippen molar-refractivity contribution in [1.29, 1.82) is 0 Å². The van der Waals surface area contributed by atoms with Gasteiger partial charge in [-0.15, -0.1) is 5.10 Å². The quantitative estimate of drug-likeness (QED) is 0.401. The molecule has 2 N–H and O–H groups in total. The Kier molecular flexibility index (Phi) is 5.58. The summed E-state index contributed by atoms with van der Waals surface area (Å²) in [5.41, 5.74) is 2.62. The molecule has 1 atom stereocenters. The summed E-state index contributed by atoms with van der Waals surface area (Å²) in [6, 6.07) is 19.5. The molecule has 0 bridgehead atoms. The van der Waals surface area contributed by atoms with Gasteiger partial charge in [-0.1, -0.05) is 65.7 Å². The Balaban J connectivity index is 1.64. The minimum atomic E-state index is -0.625. The summed E-state index contributed by atoms with van der Waals surface area (Å²) in [7, 11) is 0. The Hall–Kier alpha value is -3.68. The smallest absolute Gasteiger partial charge is 0.257 e. The molecule has 0 unspecified atom stereocenters. The number of rotatable bonds is 4. The van der Waals surface area contributed by atoms with Crippen LogP contribution >= 0.6 is 23.2 Å². The van der Waals surface area contributed by atoms with Crippen LogP contribution in [0.1, 0.15) is 18.5 Å². The number of benzene rings is 2. The summed E-state index contributed by atoms with van der Waals surface area (Å²) in [5, 5.41) is 11.7. The molecular formula is C24H18Cl2N6O. The van der Waals surface area contributed by atoms with Crippen molar-refractivity contribution >= 4 is 40.9 Å². The summed E-state index contributed by atoms with van der Waals surface area (Å²) in [5.74, 6) is 1.17. The van der Waals surface area contributed by atoms with E-state index in [1.807, 2.05) is 37.3 Å². The fourth-order valence-corrected chi connectivity index (χ4v) is 4.30. The van der Waals surface area contributed by atoms with Crippen LogP contribution in [0.4, 0.5) is 11.8 Å². The van der Waals surface area contributed by atoms with E-state index in [0.717, 1.165) is 5.56 Å². The Bertz CT molecular complexity index is 1370. The van der Waals surface area contributed by atoms with E-state index in [2.05, 4.69) is 20.6 Å². The van der Waals surface area contributed by atoms with E-state index in [9.17, 15) is 4.79 Å². The van der Waals surface area contributed by atoms with Crippen molar-refractivity contribution in [3.63, 3.8) is 0 Å². The number of fused-ring (bicyclic) bond motifs is 1. The summed E-state index contributed by atoms with van der Waals surface area (Å²) in [6.45, 7) is 1.82. The first kappa shape index (κ1) is 21.2. The van der Waals surface area contributed by atoms with Gasteiger partial charge in [0.2, 0.25) is 5.95 Å². The second-order valence-electron chi connectivity index (χ2n) is 7.47. The maximum absolute atomic E-state index is 13.4. The topological polar surface area (TPSA) is 84.7 Å². The summed E-state index contributed by atoms with van der Waals surface area (Å²) < 4.78 is 1.68. The van der Waals surface area contributed by atoms with Crippen molar-refractivity contribution in [2.45, 2.75) is 13.0 Å². The second-order valence-corrected chi connectivity index (χ2v) is 8.31. The van der Waals surface area contributed by atoms with Gasteiger partial charge in [-0.3, -0.25) is 4.79 Å². The molecular weight excluding hydrogens is 459 g/mol. The van der Waals surface area contributed by atoms with E-state index < -0.39 is 6.04 Å². The SMILES string of the molecule is CC1=C(C(=O)Nc2ccccn2)[C@H](c2ccc(Cl)cc2Cl)n2nc(-c3ccccc3)nc2N1. The minimum absolute atomic E-state index is 0.322. The van der Waals surface area contributed by atoms with Gasteiger partial charge in [-0.25, -0.2) is 9.67 Å². The zero-order chi connectivity index (χ0) is 22.9. The van der Waals surface area contributed by atoms with Gasteiger partial charge in [0.15, 0.2) is 5.82 Å². The van der Waals surface area contributed by atoms with Crippen molar-refractivity contribution in [1.82, 2.24) is 19.7 Å². The fourth-order valence-electron chi connectivity index (χ4n) is 3.79. The molecule has 2 aromatic carbocycles. The van der Waals surface area contributed by atoms with Crippen LogP contribution in [0, 0.1) is 0 Å². The molecule has 4 aromatic rings. The number of aromatic nitrogens is 4. The van der Waals surface area contributed by atoms with Gasteiger partial charge >= 0.3 is 0 Å². The maximum atomic E-state index is 13.4. The predicted molar refractivity (Wildman–Crippen MR) is 129 cm³/mol. The molecule has 0 spiro atoms. The maximum Gasteiger partial charge on any atom is 0.257 e. The van der Waals surface area contributed by atoms with Gasteiger partial charge in [-0.2, -0.15) is 4.98 Å². The molecule has 164 valence electrons. The molecule has 9 heteroatoms. The molecule has 0 fully saturated rings. The molecule has 0 saturated heterocycles. The molecule has 0 aliphatic carbocycles. The van der Waals surface area contributed by atoms with Crippen molar-refractivity contribution in [3.05, 3.63) is 99.8 Å². The molecule has 7 nitrogen and oxygen atoms in total. The monoisotopic (exact) mass is 476 g/mol. The Morgan fingerprint density at radius 2 is 1.85 bits per heavy atom. The summed E-state index contributed by atoms with van der Waals surface area (Å²) >= 11 is 12.7. The number of amides is 1. The normalized spacial score (nSPS) is 15.1. The van der Waals surface area contributed by atoms with Crippen LogP contribution in [-0.2, 0) is 4.79 Å². The third kappa shape index (κ3) is 4.08. The third-order valence-electron chi connectivity index (χ3n) is 5.29. The number of carbonyl (C=O) groups excluding carboxylic acids is 1. The lowest BCUT2D eigenvalue weighted by molar-refractivity contribution is -0.113.